The van der Waals surface area contributed by atoms with Crippen molar-refractivity contribution < 1.29 is 10.0 Å². The molecule has 2 N–H and O–H groups in total. The Morgan fingerprint density at radius 1 is 1.23 bits per heavy atom. The van der Waals surface area contributed by atoms with E-state index >= 15 is 0 Å². The van der Waals surface area contributed by atoms with Crippen molar-refractivity contribution in [3.05, 3.63) is 59.1 Å². The van der Waals surface area contributed by atoms with Gasteiger partial charge in [-0.25, -0.2) is 9.80 Å². The Bertz CT molecular complexity index is 980. The summed E-state index contributed by atoms with van der Waals surface area (Å²) in [6.45, 7) is 3.80. The number of thioether (sulfide) groups is 1. The summed E-state index contributed by atoms with van der Waals surface area (Å²) in [6.07, 6.45) is 0.862. The molecule has 2 aromatic rings. The highest BCUT2D eigenvalue weighted by Crippen LogP contribution is 2.42. The molecule has 0 unspecified atom stereocenters. The summed E-state index contributed by atoms with van der Waals surface area (Å²) in [4.78, 5) is 14.7. The SMILES string of the molecule is CN(C)c1ccc(/C=N\N2C(=S)SC(C)(C)[C@H]2N(O)C(=O)Nc2ccc(Cl)cc2)cc1. The lowest BCUT2D eigenvalue weighted by Crippen LogP contribution is -2.54. The summed E-state index contributed by atoms with van der Waals surface area (Å²) in [5.74, 6) is 0. The van der Waals surface area contributed by atoms with Crippen molar-refractivity contribution >= 4 is 63.5 Å². The van der Waals surface area contributed by atoms with E-state index in [4.69, 9.17) is 23.8 Å². The summed E-state index contributed by atoms with van der Waals surface area (Å²) in [5, 5.41) is 20.6. The molecule has 0 aliphatic carbocycles. The third-order valence-corrected chi connectivity index (χ3v) is 6.45. The zero-order valence-electron chi connectivity index (χ0n) is 17.6. The molecule has 1 fully saturated rings. The number of thiocarbonyl (C=S) groups is 1. The van der Waals surface area contributed by atoms with Crippen LogP contribution in [-0.4, -0.2) is 56.9 Å². The van der Waals surface area contributed by atoms with Gasteiger partial charge in [-0.1, -0.05) is 47.7 Å². The van der Waals surface area contributed by atoms with E-state index in [-0.39, 0.29) is 0 Å². The molecule has 0 spiro atoms. The summed E-state index contributed by atoms with van der Waals surface area (Å²) >= 11 is 12.7. The van der Waals surface area contributed by atoms with Gasteiger partial charge in [0.25, 0.3) is 0 Å². The number of nitrogens with one attached hydrogen (secondary N) is 1. The fourth-order valence-corrected chi connectivity index (χ4v) is 4.95. The van der Waals surface area contributed by atoms with E-state index in [9.17, 15) is 10.0 Å². The third-order valence-electron chi connectivity index (χ3n) is 4.67. The standard InChI is InChI=1S/C21H24ClN5O2S2/c1-21(2)18(27(29)19(28)24-16-9-7-15(22)8-10-16)26(20(30)31-21)23-13-14-5-11-17(12-6-14)25(3)4/h5-13,18,29H,1-4H3,(H,24,28)/b23-13-/t18-/m1/s1. The Kier molecular flexibility index (Phi) is 7.10. The summed E-state index contributed by atoms with van der Waals surface area (Å²) in [5.41, 5.74) is 2.45. The van der Waals surface area contributed by atoms with E-state index in [1.807, 2.05) is 57.1 Å². The summed E-state index contributed by atoms with van der Waals surface area (Å²) < 4.78 is -0.121. The number of hydrazone groups is 1. The zero-order chi connectivity index (χ0) is 22.8. The van der Waals surface area contributed by atoms with Gasteiger partial charge >= 0.3 is 6.03 Å². The van der Waals surface area contributed by atoms with Gasteiger partial charge in [-0.3, -0.25) is 5.21 Å². The normalized spacial score (nSPS) is 17.8. The lowest BCUT2D eigenvalue weighted by Gasteiger charge is -2.34. The van der Waals surface area contributed by atoms with Crippen LogP contribution < -0.4 is 10.2 Å². The van der Waals surface area contributed by atoms with Crippen molar-refractivity contribution in [2.24, 2.45) is 5.10 Å². The number of urea groups is 1. The van der Waals surface area contributed by atoms with Crippen LogP contribution in [0.3, 0.4) is 0 Å². The molecular formula is C21H24ClN5O2S2. The first-order valence-electron chi connectivity index (χ1n) is 9.47. The van der Waals surface area contributed by atoms with Crippen molar-refractivity contribution in [3.63, 3.8) is 0 Å². The van der Waals surface area contributed by atoms with Crippen LogP contribution in [0.5, 0.6) is 0 Å². The molecule has 2 amide bonds. The maximum absolute atomic E-state index is 12.7. The molecule has 164 valence electrons. The van der Waals surface area contributed by atoms with E-state index < -0.39 is 16.9 Å². The largest absolute Gasteiger partial charge is 0.378 e. The zero-order valence-corrected chi connectivity index (χ0v) is 20.0. The minimum atomic E-state index is -0.797. The number of hydrogen-bond donors (Lipinski definition) is 2. The molecule has 1 aliphatic heterocycles. The number of carbonyl (C=O) groups excluding carboxylic acids is 1. The first-order chi connectivity index (χ1) is 14.6. The minimum Gasteiger partial charge on any atom is -0.378 e. The number of carbonyl (C=O) groups is 1. The van der Waals surface area contributed by atoms with Crippen molar-refractivity contribution in [1.29, 1.82) is 0 Å². The molecule has 0 bridgehead atoms. The molecule has 31 heavy (non-hydrogen) atoms. The number of nitrogens with zero attached hydrogens (tertiary/aromatic N) is 4. The second-order valence-corrected chi connectivity index (χ2v) is 10.4. The maximum Gasteiger partial charge on any atom is 0.347 e. The molecule has 10 heteroatoms. The molecule has 1 saturated heterocycles. The van der Waals surface area contributed by atoms with Crippen LogP contribution in [-0.2, 0) is 0 Å². The molecule has 7 nitrogen and oxygen atoms in total. The molecule has 0 radical (unpaired) electrons. The van der Waals surface area contributed by atoms with Crippen LogP contribution in [0.15, 0.2) is 53.6 Å². The van der Waals surface area contributed by atoms with Crippen molar-refractivity contribution in [3.8, 4) is 0 Å². The Morgan fingerprint density at radius 2 is 1.84 bits per heavy atom. The van der Waals surface area contributed by atoms with Gasteiger partial charge in [0.05, 0.1) is 11.0 Å². The van der Waals surface area contributed by atoms with Crippen LogP contribution in [0.25, 0.3) is 0 Å². The summed E-state index contributed by atoms with van der Waals surface area (Å²) in [6, 6.07) is 13.8. The van der Waals surface area contributed by atoms with Gasteiger partial charge < -0.3 is 10.2 Å². The molecule has 1 heterocycles. The van der Waals surface area contributed by atoms with E-state index in [1.54, 1.807) is 30.5 Å². The van der Waals surface area contributed by atoms with Crippen LogP contribution >= 0.6 is 35.6 Å². The number of halogens is 1. The Labute approximate surface area is 196 Å². The molecule has 3 rings (SSSR count). The Balaban J connectivity index is 1.79. The van der Waals surface area contributed by atoms with E-state index in [0.29, 0.717) is 20.1 Å². The van der Waals surface area contributed by atoms with Crippen LogP contribution in [0.4, 0.5) is 16.2 Å². The van der Waals surface area contributed by atoms with Gasteiger partial charge in [-0.2, -0.15) is 10.2 Å². The maximum atomic E-state index is 12.7. The molecular weight excluding hydrogens is 454 g/mol. The van der Waals surface area contributed by atoms with Gasteiger partial charge in [0.2, 0.25) is 0 Å². The number of hydrogen-bond acceptors (Lipinski definition) is 6. The van der Waals surface area contributed by atoms with E-state index in [2.05, 4.69) is 10.4 Å². The van der Waals surface area contributed by atoms with Gasteiger partial charge in [0, 0.05) is 30.5 Å². The lowest BCUT2D eigenvalue weighted by atomic mass is 10.1. The van der Waals surface area contributed by atoms with E-state index in [0.717, 1.165) is 11.3 Å². The number of anilines is 2. The molecule has 0 aromatic heterocycles. The molecule has 0 saturated carbocycles. The lowest BCUT2D eigenvalue weighted by molar-refractivity contribution is -0.114. The van der Waals surface area contributed by atoms with Crippen molar-refractivity contribution in [1.82, 2.24) is 10.1 Å². The highest BCUT2D eigenvalue weighted by Gasteiger charge is 2.50. The van der Waals surface area contributed by atoms with E-state index in [1.165, 1.54) is 16.8 Å². The minimum absolute atomic E-state index is 0.467. The van der Waals surface area contributed by atoms with Gasteiger partial charge in [-0.05, 0) is 55.8 Å². The number of amides is 2. The average Bonchev–Trinajstić information content (AvgIpc) is 2.95. The van der Waals surface area contributed by atoms with Crippen LogP contribution in [0.2, 0.25) is 5.02 Å². The topological polar surface area (TPSA) is 71.4 Å². The highest BCUT2D eigenvalue weighted by atomic mass is 35.5. The number of rotatable bonds is 5. The van der Waals surface area contributed by atoms with Crippen LogP contribution in [0, 0.1) is 0 Å². The third kappa shape index (κ3) is 5.48. The van der Waals surface area contributed by atoms with Crippen molar-refractivity contribution in [2.45, 2.75) is 24.8 Å². The monoisotopic (exact) mass is 477 g/mol. The second kappa shape index (κ2) is 9.44. The highest BCUT2D eigenvalue weighted by molar-refractivity contribution is 8.24. The second-order valence-electron chi connectivity index (χ2n) is 7.70. The van der Waals surface area contributed by atoms with Gasteiger partial charge in [-0.15, -0.1) is 0 Å². The smallest absolute Gasteiger partial charge is 0.347 e. The first-order valence-corrected chi connectivity index (χ1v) is 11.1. The first kappa shape index (κ1) is 23.3. The fourth-order valence-electron chi connectivity index (χ4n) is 3.04. The van der Waals surface area contributed by atoms with Crippen LogP contribution in [0.1, 0.15) is 19.4 Å². The van der Waals surface area contributed by atoms with Gasteiger partial charge in [0.1, 0.15) is 0 Å². The van der Waals surface area contributed by atoms with Crippen molar-refractivity contribution in [2.75, 3.05) is 24.3 Å². The predicted molar refractivity (Wildman–Crippen MR) is 132 cm³/mol. The quantitative estimate of drug-likeness (QED) is 0.270. The molecule has 1 atom stereocenters. The number of hydroxylamine groups is 2. The predicted octanol–water partition coefficient (Wildman–Crippen LogP) is 5.10. The number of benzene rings is 2. The van der Waals surface area contributed by atoms with Gasteiger partial charge in [0.15, 0.2) is 10.5 Å². The molecule has 2 aromatic carbocycles. The Morgan fingerprint density at radius 3 is 2.42 bits per heavy atom. The molecule has 1 aliphatic rings. The average molecular weight is 478 g/mol. The fraction of sp³-hybridized carbons (Fsp3) is 0.286. The Hall–Kier alpha value is -2.33. The summed E-state index contributed by atoms with van der Waals surface area (Å²) in [7, 11) is 3.95.